The lowest BCUT2D eigenvalue weighted by molar-refractivity contribution is 0.180. The Kier molecular flexibility index (Phi) is 4.83. The lowest BCUT2D eigenvalue weighted by atomic mass is 9.96. The summed E-state index contributed by atoms with van der Waals surface area (Å²) in [7, 11) is 1.45. The number of hydrogen-bond acceptors (Lipinski definition) is 2. The average molecular weight is 229 g/mol. The van der Waals surface area contributed by atoms with Crippen molar-refractivity contribution in [3.63, 3.8) is 0 Å². The molecule has 1 rings (SSSR count). The summed E-state index contributed by atoms with van der Waals surface area (Å²) < 4.78 is 32.0. The van der Waals surface area contributed by atoms with Crippen LogP contribution in [0, 0.1) is 11.6 Å². The van der Waals surface area contributed by atoms with E-state index in [1.165, 1.54) is 7.11 Å². The molecule has 16 heavy (non-hydrogen) atoms. The van der Waals surface area contributed by atoms with Crippen LogP contribution < -0.4 is 5.73 Å². The van der Waals surface area contributed by atoms with Crippen LogP contribution in [0.3, 0.4) is 0 Å². The van der Waals surface area contributed by atoms with Gasteiger partial charge < -0.3 is 10.5 Å². The molecule has 1 aromatic rings. The smallest absolute Gasteiger partial charge is 0.164 e. The molecule has 0 radical (unpaired) electrons. The normalized spacial score (nSPS) is 12.8. The Bertz CT molecular complexity index is 355. The van der Waals surface area contributed by atoms with Crippen LogP contribution >= 0.6 is 0 Å². The van der Waals surface area contributed by atoms with Gasteiger partial charge in [0.1, 0.15) is 0 Å². The standard InChI is InChI=1S/C12H17F2NO/c1-8(5-6-15)10-4-3-9(7-16-2)11(13)12(10)14/h3-4,8H,5-7,15H2,1-2H3. The van der Waals surface area contributed by atoms with E-state index < -0.39 is 11.6 Å². The van der Waals surface area contributed by atoms with E-state index in [4.69, 9.17) is 10.5 Å². The average Bonchev–Trinajstić information content (AvgIpc) is 2.25. The van der Waals surface area contributed by atoms with E-state index in [0.29, 0.717) is 18.5 Å². The molecule has 0 amide bonds. The van der Waals surface area contributed by atoms with E-state index in [-0.39, 0.29) is 18.1 Å². The van der Waals surface area contributed by atoms with Gasteiger partial charge in [-0.3, -0.25) is 0 Å². The Labute approximate surface area is 94.4 Å². The number of rotatable bonds is 5. The van der Waals surface area contributed by atoms with Crippen molar-refractivity contribution in [1.29, 1.82) is 0 Å². The fraction of sp³-hybridized carbons (Fsp3) is 0.500. The summed E-state index contributed by atoms with van der Waals surface area (Å²) in [6, 6.07) is 3.16. The van der Waals surface area contributed by atoms with E-state index >= 15 is 0 Å². The van der Waals surface area contributed by atoms with Crippen molar-refractivity contribution in [2.45, 2.75) is 25.9 Å². The van der Waals surface area contributed by atoms with Crippen LogP contribution in [0.25, 0.3) is 0 Å². The molecule has 0 aliphatic carbocycles. The molecule has 4 heteroatoms. The Morgan fingerprint density at radius 1 is 1.31 bits per heavy atom. The number of nitrogens with two attached hydrogens (primary N) is 1. The van der Waals surface area contributed by atoms with Gasteiger partial charge >= 0.3 is 0 Å². The maximum Gasteiger partial charge on any atom is 0.164 e. The summed E-state index contributed by atoms with van der Waals surface area (Å²) >= 11 is 0. The highest BCUT2D eigenvalue weighted by Crippen LogP contribution is 2.25. The summed E-state index contributed by atoms with van der Waals surface area (Å²) in [5.74, 6) is -1.67. The van der Waals surface area contributed by atoms with Crippen molar-refractivity contribution in [2.24, 2.45) is 5.73 Å². The first-order chi connectivity index (χ1) is 7.61. The number of hydrogen-bond donors (Lipinski definition) is 1. The molecular weight excluding hydrogens is 212 g/mol. The highest BCUT2D eigenvalue weighted by atomic mass is 19.2. The third-order valence-corrected chi connectivity index (χ3v) is 2.62. The minimum Gasteiger partial charge on any atom is -0.380 e. The molecule has 0 heterocycles. The first-order valence-electron chi connectivity index (χ1n) is 5.27. The maximum atomic E-state index is 13.7. The fourth-order valence-electron chi connectivity index (χ4n) is 1.66. The molecule has 1 aromatic carbocycles. The molecule has 1 unspecified atom stereocenters. The van der Waals surface area contributed by atoms with Gasteiger partial charge in [-0.05, 0) is 24.4 Å². The first-order valence-corrected chi connectivity index (χ1v) is 5.27. The topological polar surface area (TPSA) is 35.2 Å². The summed E-state index contributed by atoms with van der Waals surface area (Å²) in [5, 5.41) is 0. The molecule has 0 spiro atoms. The monoisotopic (exact) mass is 229 g/mol. The van der Waals surface area contributed by atoms with Crippen LogP contribution in [0.15, 0.2) is 12.1 Å². The number of ether oxygens (including phenoxy) is 1. The molecule has 0 bridgehead atoms. The minimum absolute atomic E-state index is 0.0731. The molecule has 0 saturated heterocycles. The molecule has 2 nitrogen and oxygen atoms in total. The lowest BCUT2D eigenvalue weighted by Crippen LogP contribution is -2.08. The first kappa shape index (κ1) is 13.1. The highest BCUT2D eigenvalue weighted by Gasteiger charge is 2.16. The van der Waals surface area contributed by atoms with E-state index in [0.717, 1.165) is 0 Å². The van der Waals surface area contributed by atoms with Crippen LogP contribution in [0.5, 0.6) is 0 Å². The van der Waals surface area contributed by atoms with Crippen molar-refractivity contribution < 1.29 is 13.5 Å². The minimum atomic E-state index is -0.816. The van der Waals surface area contributed by atoms with Gasteiger partial charge in [-0.25, -0.2) is 8.78 Å². The number of methoxy groups -OCH3 is 1. The summed E-state index contributed by atoms with van der Waals surface area (Å²) in [5.41, 5.74) is 6.01. The van der Waals surface area contributed by atoms with Gasteiger partial charge in [0.2, 0.25) is 0 Å². The van der Waals surface area contributed by atoms with Crippen LogP contribution in [0.2, 0.25) is 0 Å². The van der Waals surface area contributed by atoms with Crippen LogP contribution in [0.4, 0.5) is 8.78 Å². The highest BCUT2D eigenvalue weighted by molar-refractivity contribution is 5.28. The summed E-state index contributed by atoms with van der Waals surface area (Å²) in [4.78, 5) is 0. The van der Waals surface area contributed by atoms with E-state index in [9.17, 15) is 8.78 Å². The van der Waals surface area contributed by atoms with Gasteiger partial charge in [-0.2, -0.15) is 0 Å². The third kappa shape index (κ3) is 2.77. The summed E-state index contributed by atoms with van der Waals surface area (Å²) in [6.45, 7) is 2.37. The van der Waals surface area contributed by atoms with Crippen molar-refractivity contribution in [3.8, 4) is 0 Å². The zero-order valence-electron chi connectivity index (χ0n) is 9.59. The molecular formula is C12H17F2NO. The molecule has 0 aromatic heterocycles. The largest absolute Gasteiger partial charge is 0.380 e. The lowest BCUT2D eigenvalue weighted by Gasteiger charge is -2.13. The molecule has 0 fully saturated rings. The zero-order chi connectivity index (χ0) is 12.1. The van der Waals surface area contributed by atoms with Crippen LogP contribution in [-0.4, -0.2) is 13.7 Å². The second-order valence-corrected chi connectivity index (χ2v) is 3.85. The Morgan fingerprint density at radius 3 is 2.56 bits per heavy atom. The SMILES string of the molecule is COCc1ccc(C(C)CCN)c(F)c1F. The maximum absolute atomic E-state index is 13.7. The van der Waals surface area contributed by atoms with Crippen molar-refractivity contribution in [2.75, 3.05) is 13.7 Å². The Balaban J connectivity index is 3.01. The Morgan fingerprint density at radius 2 is 2.00 bits per heavy atom. The fourth-order valence-corrected chi connectivity index (χ4v) is 1.66. The predicted molar refractivity (Wildman–Crippen MR) is 59.2 cm³/mol. The molecule has 1 atom stereocenters. The van der Waals surface area contributed by atoms with Crippen molar-refractivity contribution in [3.05, 3.63) is 34.9 Å². The van der Waals surface area contributed by atoms with Gasteiger partial charge in [0.15, 0.2) is 11.6 Å². The van der Waals surface area contributed by atoms with Gasteiger partial charge in [0.25, 0.3) is 0 Å². The van der Waals surface area contributed by atoms with Gasteiger partial charge in [0.05, 0.1) is 6.61 Å². The third-order valence-electron chi connectivity index (χ3n) is 2.62. The summed E-state index contributed by atoms with van der Waals surface area (Å²) in [6.07, 6.45) is 0.639. The van der Waals surface area contributed by atoms with Crippen LogP contribution in [-0.2, 0) is 11.3 Å². The van der Waals surface area contributed by atoms with Gasteiger partial charge in [-0.15, -0.1) is 0 Å². The van der Waals surface area contributed by atoms with Crippen molar-refractivity contribution >= 4 is 0 Å². The molecule has 0 saturated carbocycles. The van der Waals surface area contributed by atoms with E-state index in [1.54, 1.807) is 12.1 Å². The molecule has 0 aliphatic rings. The molecule has 90 valence electrons. The Hall–Kier alpha value is -1.00. The second-order valence-electron chi connectivity index (χ2n) is 3.85. The zero-order valence-corrected chi connectivity index (χ0v) is 9.59. The quantitative estimate of drug-likeness (QED) is 0.842. The van der Waals surface area contributed by atoms with Crippen LogP contribution in [0.1, 0.15) is 30.4 Å². The number of halogens is 2. The molecule has 0 aliphatic heterocycles. The van der Waals surface area contributed by atoms with E-state index in [2.05, 4.69) is 0 Å². The van der Waals surface area contributed by atoms with Crippen molar-refractivity contribution in [1.82, 2.24) is 0 Å². The van der Waals surface area contributed by atoms with Gasteiger partial charge in [-0.1, -0.05) is 19.1 Å². The van der Waals surface area contributed by atoms with E-state index in [1.807, 2.05) is 6.92 Å². The number of benzene rings is 1. The molecule has 2 N–H and O–H groups in total. The van der Waals surface area contributed by atoms with Gasteiger partial charge in [0, 0.05) is 12.7 Å². The second kappa shape index (κ2) is 5.92. The predicted octanol–water partition coefficient (Wildman–Crippen LogP) is 2.56.